The summed E-state index contributed by atoms with van der Waals surface area (Å²) < 4.78 is 5.07. The molecule has 0 aliphatic carbocycles. The van der Waals surface area contributed by atoms with Gasteiger partial charge < -0.3 is 10.3 Å². The average molecular weight is 244 g/mol. The Labute approximate surface area is 108 Å². The molecule has 0 amide bonds. The van der Waals surface area contributed by atoms with Crippen LogP contribution in [0.5, 0.6) is 0 Å². The number of hydrogen-bond acceptors (Lipinski definition) is 3. The van der Waals surface area contributed by atoms with Crippen molar-refractivity contribution in [2.45, 2.75) is 39.5 Å². The maximum atomic E-state index is 5.84. The second-order valence-electron chi connectivity index (χ2n) is 5.55. The van der Waals surface area contributed by atoms with Crippen LogP contribution in [0, 0.1) is 0 Å². The second-order valence-corrected chi connectivity index (χ2v) is 5.55. The zero-order valence-electron chi connectivity index (χ0n) is 11.4. The van der Waals surface area contributed by atoms with E-state index in [0.29, 0.717) is 5.88 Å². The average Bonchev–Trinajstić information content (AvgIpc) is 2.69. The fourth-order valence-electron chi connectivity index (χ4n) is 2.02. The van der Waals surface area contributed by atoms with Crippen molar-refractivity contribution in [2.24, 2.45) is 0 Å². The van der Waals surface area contributed by atoms with Crippen LogP contribution in [0.1, 0.15) is 39.0 Å². The van der Waals surface area contributed by atoms with Gasteiger partial charge in [-0.25, -0.2) is 0 Å². The van der Waals surface area contributed by atoms with Crippen LogP contribution in [-0.4, -0.2) is 5.16 Å². The van der Waals surface area contributed by atoms with E-state index < -0.39 is 0 Å². The number of nitrogen functional groups attached to an aromatic ring is 1. The Morgan fingerprint density at radius 3 is 2.28 bits per heavy atom. The van der Waals surface area contributed by atoms with E-state index >= 15 is 0 Å². The molecule has 0 saturated heterocycles. The Morgan fingerprint density at radius 1 is 1.17 bits per heavy atom. The minimum absolute atomic E-state index is 0.159. The minimum Gasteiger partial charge on any atom is -0.367 e. The van der Waals surface area contributed by atoms with E-state index in [2.05, 4.69) is 50.2 Å². The van der Waals surface area contributed by atoms with Crippen molar-refractivity contribution in [3.63, 3.8) is 0 Å². The number of aryl methyl sites for hydroxylation is 1. The monoisotopic (exact) mass is 244 g/mol. The van der Waals surface area contributed by atoms with Crippen molar-refractivity contribution in [3.05, 3.63) is 35.5 Å². The lowest BCUT2D eigenvalue weighted by atomic mass is 9.86. The highest BCUT2D eigenvalue weighted by atomic mass is 16.5. The van der Waals surface area contributed by atoms with Gasteiger partial charge in [-0.3, -0.25) is 0 Å². The zero-order valence-corrected chi connectivity index (χ0v) is 11.4. The third kappa shape index (κ3) is 2.26. The Kier molecular flexibility index (Phi) is 3.16. The summed E-state index contributed by atoms with van der Waals surface area (Å²) >= 11 is 0. The van der Waals surface area contributed by atoms with E-state index in [1.165, 1.54) is 5.56 Å². The third-order valence-corrected chi connectivity index (χ3v) is 3.16. The van der Waals surface area contributed by atoms with E-state index in [1.807, 2.05) is 6.92 Å². The first-order chi connectivity index (χ1) is 8.43. The normalized spacial score (nSPS) is 11.8. The summed E-state index contributed by atoms with van der Waals surface area (Å²) in [6, 6.07) is 8.45. The SMILES string of the molecule is CCc1noc(N)c1-c1ccc(C(C)(C)C)cc1. The predicted molar refractivity (Wildman–Crippen MR) is 74.4 cm³/mol. The molecule has 96 valence electrons. The molecule has 2 N–H and O–H groups in total. The van der Waals surface area contributed by atoms with Crippen molar-refractivity contribution in [1.82, 2.24) is 5.16 Å². The van der Waals surface area contributed by atoms with Gasteiger partial charge in [-0.1, -0.05) is 57.1 Å². The smallest absolute Gasteiger partial charge is 0.230 e. The molecule has 0 bridgehead atoms. The Hall–Kier alpha value is -1.77. The predicted octanol–water partition coefficient (Wildman–Crippen LogP) is 3.78. The van der Waals surface area contributed by atoms with Crippen LogP contribution in [0.15, 0.2) is 28.8 Å². The highest BCUT2D eigenvalue weighted by molar-refractivity contribution is 5.75. The number of aromatic nitrogens is 1. The van der Waals surface area contributed by atoms with Crippen molar-refractivity contribution in [2.75, 3.05) is 5.73 Å². The first-order valence-electron chi connectivity index (χ1n) is 6.28. The van der Waals surface area contributed by atoms with E-state index in [-0.39, 0.29) is 5.41 Å². The van der Waals surface area contributed by atoms with Crippen molar-refractivity contribution in [3.8, 4) is 11.1 Å². The summed E-state index contributed by atoms with van der Waals surface area (Å²) in [6.45, 7) is 8.65. The number of nitrogens with two attached hydrogens (primary N) is 1. The van der Waals surface area contributed by atoms with Gasteiger partial charge in [0, 0.05) is 0 Å². The minimum atomic E-state index is 0.159. The van der Waals surface area contributed by atoms with Crippen LogP contribution in [0.3, 0.4) is 0 Å². The first-order valence-corrected chi connectivity index (χ1v) is 6.28. The second kappa shape index (κ2) is 4.48. The van der Waals surface area contributed by atoms with Crippen LogP contribution in [0.25, 0.3) is 11.1 Å². The molecule has 1 aromatic carbocycles. The van der Waals surface area contributed by atoms with Crippen LogP contribution < -0.4 is 5.73 Å². The molecule has 0 radical (unpaired) electrons. The van der Waals surface area contributed by atoms with Crippen LogP contribution in [0.4, 0.5) is 5.88 Å². The van der Waals surface area contributed by atoms with Gasteiger partial charge >= 0.3 is 0 Å². The lowest BCUT2D eigenvalue weighted by Gasteiger charge is -2.19. The summed E-state index contributed by atoms with van der Waals surface area (Å²) in [5.74, 6) is 0.398. The van der Waals surface area contributed by atoms with Gasteiger partial charge in [0.05, 0.1) is 11.3 Å². The topological polar surface area (TPSA) is 52.0 Å². The molecule has 3 nitrogen and oxygen atoms in total. The van der Waals surface area contributed by atoms with Gasteiger partial charge in [-0.15, -0.1) is 0 Å². The third-order valence-electron chi connectivity index (χ3n) is 3.16. The number of rotatable bonds is 2. The molecule has 2 rings (SSSR count). The lowest BCUT2D eigenvalue weighted by molar-refractivity contribution is 0.428. The van der Waals surface area contributed by atoms with Gasteiger partial charge in [-0.05, 0) is 23.0 Å². The van der Waals surface area contributed by atoms with Gasteiger partial charge in [0.1, 0.15) is 0 Å². The maximum absolute atomic E-state index is 5.84. The summed E-state index contributed by atoms with van der Waals surface area (Å²) in [6.07, 6.45) is 0.817. The van der Waals surface area contributed by atoms with E-state index in [9.17, 15) is 0 Å². The molecule has 18 heavy (non-hydrogen) atoms. The molecule has 0 unspecified atom stereocenters. The number of nitrogens with zero attached hydrogens (tertiary/aromatic N) is 1. The van der Waals surface area contributed by atoms with Gasteiger partial charge in [-0.2, -0.15) is 0 Å². The largest absolute Gasteiger partial charge is 0.367 e. The van der Waals surface area contributed by atoms with E-state index in [4.69, 9.17) is 10.3 Å². The molecular formula is C15H20N2O. The number of hydrogen-bond donors (Lipinski definition) is 1. The zero-order chi connectivity index (χ0) is 13.3. The van der Waals surface area contributed by atoms with Crippen LogP contribution in [0.2, 0.25) is 0 Å². The highest BCUT2D eigenvalue weighted by Crippen LogP contribution is 2.31. The number of benzene rings is 1. The Morgan fingerprint density at radius 2 is 1.78 bits per heavy atom. The molecule has 3 heteroatoms. The first kappa shape index (κ1) is 12.7. The summed E-state index contributed by atoms with van der Waals surface area (Å²) in [4.78, 5) is 0. The van der Waals surface area contributed by atoms with Gasteiger partial charge in [0.15, 0.2) is 0 Å². The Balaban J connectivity index is 2.43. The number of anilines is 1. The van der Waals surface area contributed by atoms with Crippen molar-refractivity contribution >= 4 is 5.88 Å². The Bertz CT molecular complexity index is 533. The summed E-state index contributed by atoms with van der Waals surface area (Å²) in [7, 11) is 0. The maximum Gasteiger partial charge on any atom is 0.230 e. The molecule has 0 aliphatic rings. The molecule has 1 aromatic heterocycles. The molecule has 2 aromatic rings. The molecule has 0 fully saturated rings. The highest BCUT2D eigenvalue weighted by Gasteiger charge is 2.16. The van der Waals surface area contributed by atoms with Crippen molar-refractivity contribution < 1.29 is 4.52 Å². The molecule has 0 aliphatic heterocycles. The van der Waals surface area contributed by atoms with Crippen molar-refractivity contribution in [1.29, 1.82) is 0 Å². The van der Waals surface area contributed by atoms with Gasteiger partial charge in [0.2, 0.25) is 5.88 Å². The van der Waals surface area contributed by atoms with Crippen LogP contribution in [-0.2, 0) is 11.8 Å². The molecule has 0 atom stereocenters. The molecule has 0 spiro atoms. The standard InChI is InChI=1S/C15H20N2O/c1-5-12-13(14(16)18-17-12)10-6-8-11(9-7-10)15(2,3)4/h6-9H,5,16H2,1-4H3. The van der Waals surface area contributed by atoms with E-state index in [0.717, 1.165) is 23.2 Å². The van der Waals surface area contributed by atoms with Crippen LogP contribution >= 0.6 is 0 Å². The van der Waals surface area contributed by atoms with E-state index in [1.54, 1.807) is 0 Å². The van der Waals surface area contributed by atoms with Gasteiger partial charge in [0.25, 0.3) is 0 Å². The fraction of sp³-hybridized carbons (Fsp3) is 0.400. The summed E-state index contributed by atoms with van der Waals surface area (Å²) in [5.41, 5.74) is 10.2. The fourth-order valence-corrected chi connectivity index (χ4v) is 2.02. The quantitative estimate of drug-likeness (QED) is 0.874. The summed E-state index contributed by atoms with van der Waals surface area (Å²) in [5, 5.41) is 3.98. The molecule has 0 saturated carbocycles. The molecular weight excluding hydrogens is 224 g/mol. The molecule has 1 heterocycles. The lowest BCUT2D eigenvalue weighted by Crippen LogP contribution is -2.10.